The number of aromatic amines is 1. The Morgan fingerprint density at radius 2 is 1.81 bits per heavy atom. The summed E-state index contributed by atoms with van der Waals surface area (Å²) in [5.41, 5.74) is 2.93. The van der Waals surface area contributed by atoms with Crippen LogP contribution in [0.1, 0.15) is 11.5 Å². The summed E-state index contributed by atoms with van der Waals surface area (Å²) in [7, 11) is 0. The number of anilines is 2. The molecule has 4 rings (SSSR count). The van der Waals surface area contributed by atoms with Gasteiger partial charge in [-0.3, -0.25) is 0 Å². The van der Waals surface area contributed by atoms with Gasteiger partial charge in [-0.25, -0.2) is 19.9 Å². The number of pyridine rings is 1. The highest BCUT2D eigenvalue weighted by molar-refractivity contribution is 9.10. The molecule has 0 aliphatic carbocycles. The number of fused-ring (bicyclic) bond motifs is 1. The molecule has 0 atom stereocenters. The Morgan fingerprint density at radius 1 is 1.07 bits per heavy atom. The zero-order valence-corrected chi connectivity index (χ0v) is 17.4. The predicted octanol–water partition coefficient (Wildman–Crippen LogP) is 5.84. The van der Waals surface area contributed by atoms with E-state index >= 15 is 0 Å². The number of nitrogens with one attached hydrogen (secondary N) is 2. The first-order chi connectivity index (χ1) is 12.9. The molecule has 0 amide bonds. The van der Waals surface area contributed by atoms with Crippen LogP contribution in [0.3, 0.4) is 0 Å². The fourth-order valence-corrected chi connectivity index (χ4v) is 3.77. The second-order valence-electron chi connectivity index (χ2n) is 5.93. The molecule has 0 spiro atoms. The van der Waals surface area contributed by atoms with Crippen molar-refractivity contribution in [2.24, 2.45) is 0 Å². The molecule has 0 saturated heterocycles. The van der Waals surface area contributed by atoms with Gasteiger partial charge in [0.25, 0.3) is 0 Å². The summed E-state index contributed by atoms with van der Waals surface area (Å²) in [5.74, 6) is 2.46. The van der Waals surface area contributed by atoms with Gasteiger partial charge in [-0.05, 0) is 41.9 Å². The Kier molecular flexibility index (Phi) is 4.75. The molecule has 3 aromatic heterocycles. The molecule has 0 saturated carbocycles. The van der Waals surface area contributed by atoms with E-state index in [1.807, 2.05) is 19.9 Å². The van der Waals surface area contributed by atoms with Crippen molar-refractivity contribution < 1.29 is 0 Å². The van der Waals surface area contributed by atoms with Crippen LogP contribution in [-0.4, -0.2) is 24.9 Å². The number of nitrogens with zero attached hydrogens (tertiary/aromatic N) is 4. The van der Waals surface area contributed by atoms with Gasteiger partial charge in [0.1, 0.15) is 23.0 Å². The molecule has 0 aliphatic rings. The van der Waals surface area contributed by atoms with Gasteiger partial charge < -0.3 is 10.3 Å². The maximum absolute atomic E-state index is 6.33. The number of aryl methyl sites for hydroxylation is 2. The van der Waals surface area contributed by atoms with Gasteiger partial charge in [0, 0.05) is 18.0 Å². The number of hydrogen-bond donors (Lipinski definition) is 2. The van der Waals surface area contributed by atoms with Gasteiger partial charge in [0.2, 0.25) is 0 Å². The van der Waals surface area contributed by atoms with E-state index in [-0.39, 0.29) is 0 Å². The Bertz CT molecular complexity index is 1130. The normalized spacial score (nSPS) is 11.1. The third kappa shape index (κ3) is 3.50. The van der Waals surface area contributed by atoms with Crippen LogP contribution in [0.25, 0.3) is 22.4 Å². The molecule has 2 N–H and O–H groups in total. The van der Waals surface area contributed by atoms with Gasteiger partial charge in [-0.15, -0.1) is 0 Å². The van der Waals surface area contributed by atoms with E-state index in [4.69, 9.17) is 23.2 Å². The number of benzene rings is 1. The van der Waals surface area contributed by atoms with E-state index < -0.39 is 0 Å². The summed E-state index contributed by atoms with van der Waals surface area (Å²) in [4.78, 5) is 21.1. The van der Waals surface area contributed by atoms with Crippen LogP contribution < -0.4 is 5.32 Å². The average Bonchev–Trinajstić information content (AvgIpc) is 3.02. The smallest absolute Gasteiger partial charge is 0.159 e. The van der Waals surface area contributed by atoms with Crippen molar-refractivity contribution in [1.82, 2.24) is 24.9 Å². The Balaban J connectivity index is 1.86. The third-order valence-electron chi connectivity index (χ3n) is 3.89. The first kappa shape index (κ1) is 18.2. The zero-order valence-electron chi connectivity index (χ0n) is 14.3. The Hall–Kier alpha value is -2.22. The van der Waals surface area contributed by atoms with Gasteiger partial charge in [0.05, 0.1) is 25.6 Å². The number of aromatic nitrogens is 5. The van der Waals surface area contributed by atoms with E-state index in [1.54, 1.807) is 24.4 Å². The SMILES string of the molecule is Cc1cc(Nc2ncc(Br)c3[nH]c(-c4c(Cl)cccc4Cl)nc23)nc(C)n1. The van der Waals surface area contributed by atoms with Gasteiger partial charge in [-0.1, -0.05) is 29.3 Å². The molecule has 0 aliphatic heterocycles. The van der Waals surface area contributed by atoms with Crippen LogP contribution in [0.4, 0.5) is 11.6 Å². The molecule has 0 radical (unpaired) electrons. The minimum Gasteiger partial charge on any atom is -0.337 e. The number of halogens is 3. The third-order valence-corrected chi connectivity index (χ3v) is 5.12. The molecule has 0 bridgehead atoms. The molecule has 27 heavy (non-hydrogen) atoms. The topological polar surface area (TPSA) is 79.4 Å². The van der Waals surface area contributed by atoms with Gasteiger partial charge >= 0.3 is 0 Å². The molecule has 6 nitrogen and oxygen atoms in total. The van der Waals surface area contributed by atoms with Crippen molar-refractivity contribution in [3.8, 4) is 11.4 Å². The monoisotopic (exact) mass is 462 g/mol. The van der Waals surface area contributed by atoms with Crippen LogP contribution in [0, 0.1) is 13.8 Å². The predicted molar refractivity (Wildman–Crippen MR) is 112 cm³/mol. The summed E-state index contributed by atoms with van der Waals surface area (Å²) in [6.07, 6.45) is 1.70. The van der Waals surface area contributed by atoms with Crippen molar-refractivity contribution in [3.05, 3.63) is 56.5 Å². The summed E-state index contributed by atoms with van der Waals surface area (Å²) < 4.78 is 0.778. The number of hydrogen-bond acceptors (Lipinski definition) is 5. The van der Waals surface area contributed by atoms with Crippen LogP contribution in [0.5, 0.6) is 0 Å². The molecule has 1 aromatic carbocycles. The summed E-state index contributed by atoms with van der Waals surface area (Å²) in [5, 5.41) is 4.25. The molecule has 3 heterocycles. The first-order valence-electron chi connectivity index (χ1n) is 8.00. The second kappa shape index (κ2) is 7.07. The maximum Gasteiger partial charge on any atom is 0.159 e. The molecular weight excluding hydrogens is 451 g/mol. The van der Waals surface area contributed by atoms with E-state index in [2.05, 4.69) is 46.2 Å². The molecule has 0 unspecified atom stereocenters. The lowest BCUT2D eigenvalue weighted by Crippen LogP contribution is -2.00. The van der Waals surface area contributed by atoms with Gasteiger partial charge in [0.15, 0.2) is 5.82 Å². The van der Waals surface area contributed by atoms with Crippen LogP contribution in [0.2, 0.25) is 10.0 Å². The van der Waals surface area contributed by atoms with Crippen LogP contribution in [0.15, 0.2) is 34.9 Å². The minimum absolute atomic E-state index is 0.516. The summed E-state index contributed by atoms with van der Waals surface area (Å²) >= 11 is 16.2. The highest BCUT2D eigenvalue weighted by Gasteiger charge is 2.17. The Labute approximate surface area is 173 Å². The van der Waals surface area contributed by atoms with E-state index in [0.29, 0.717) is 44.4 Å². The fraction of sp³-hybridized carbons (Fsp3) is 0.111. The van der Waals surface area contributed by atoms with E-state index in [1.165, 1.54) is 0 Å². The maximum atomic E-state index is 6.33. The van der Waals surface area contributed by atoms with Crippen molar-refractivity contribution in [2.45, 2.75) is 13.8 Å². The number of rotatable bonds is 3. The van der Waals surface area contributed by atoms with Crippen molar-refractivity contribution in [1.29, 1.82) is 0 Å². The van der Waals surface area contributed by atoms with E-state index in [0.717, 1.165) is 15.7 Å². The lowest BCUT2D eigenvalue weighted by molar-refractivity contribution is 1.01. The highest BCUT2D eigenvalue weighted by Crippen LogP contribution is 2.36. The number of imidazole rings is 1. The Morgan fingerprint density at radius 3 is 2.52 bits per heavy atom. The lowest BCUT2D eigenvalue weighted by atomic mass is 10.2. The van der Waals surface area contributed by atoms with Crippen LogP contribution >= 0.6 is 39.1 Å². The molecule has 4 aromatic rings. The summed E-state index contributed by atoms with van der Waals surface area (Å²) in [6, 6.07) is 7.19. The highest BCUT2D eigenvalue weighted by atomic mass is 79.9. The average molecular weight is 464 g/mol. The molecular formula is C18H13BrCl2N6. The van der Waals surface area contributed by atoms with E-state index in [9.17, 15) is 0 Å². The van der Waals surface area contributed by atoms with Gasteiger partial charge in [-0.2, -0.15) is 0 Å². The fourth-order valence-electron chi connectivity index (χ4n) is 2.80. The molecule has 9 heteroatoms. The van der Waals surface area contributed by atoms with Crippen LogP contribution in [-0.2, 0) is 0 Å². The van der Waals surface area contributed by atoms with Crippen molar-refractivity contribution in [3.63, 3.8) is 0 Å². The standard InChI is InChI=1S/C18H13BrCl2N6/c1-8-6-13(24-9(2)23-8)25-18-16-15(10(19)7-22-18)26-17(27-16)14-11(20)4-3-5-12(14)21/h3-7H,1-2H3,(H,26,27)(H,22,23,24,25). The van der Waals surface area contributed by atoms with Crippen molar-refractivity contribution in [2.75, 3.05) is 5.32 Å². The largest absolute Gasteiger partial charge is 0.337 e. The molecule has 0 fully saturated rings. The number of H-pyrrole nitrogens is 1. The minimum atomic E-state index is 0.516. The lowest BCUT2D eigenvalue weighted by Gasteiger charge is -2.07. The molecule has 136 valence electrons. The zero-order chi connectivity index (χ0) is 19.1. The van der Waals surface area contributed by atoms with Crippen molar-refractivity contribution >= 4 is 61.8 Å². The first-order valence-corrected chi connectivity index (χ1v) is 9.55. The second-order valence-corrected chi connectivity index (χ2v) is 7.60. The summed E-state index contributed by atoms with van der Waals surface area (Å²) in [6.45, 7) is 3.76. The quantitative estimate of drug-likeness (QED) is 0.398.